The molecular weight excluding hydrogens is 246 g/mol. The number of ether oxygens (including phenoxy) is 2. The SMILES string of the molecule is COCC(C)NC1=NCCN(C(=O)OC(C)(C)C)C1. The number of carbonyl (C=O) groups excluding carboxylic acids is 1. The van der Waals surface area contributed by atoms with Gasteiger partial charge in [0.1, 0.15) is 11.4 Å². The molecule has 0 fully saturated rings. The number of amides is 1. The van der Waals surface area contributed by atoms with Crippen LogP contribution in [0.3, 0.4) is 0 Å². The molecule has 0 aromatic heterocycles. The van der Waals surface area contributed by atoms with E-state index >= 15 is 0 Å². The zero-order chi connectivity index (χ0) is 14.5. The van der Waals surface area contributed by atoms with Crippen LogP contribution in [-0.2, 0) is 9.47 Å². The van der Waals surface area contributed by atoms with E-state index in [1.165, 1.54) is 0 Å². The lowest BCUT2D eigenvalue weighted by Crippen LogP contribution is -2.49. The number of rotatable bonds is 3. The molecule has 6 nitrogen and oxygen atoms in total. The zero-order valence-electron chi connectivity index (χ0n) is 12.5. The summed E-state index contributed by atoms with van der Waals surface area (Å²) in [6, 6.07) is 0.169. The third kappa shape index (κ3) is 5.92. The molecule has 1 atom stereocenters. The van der Waals surface area contributed by atoms with E-state index in [-0.39, 0.29) is 12.1 Å². The zero-order valence-corrected chi connectivity index (χ0v) is 12.5. The molecule has 1 unspecified atom stereocenters. The molecule has 1 aliphatic rings. The van der Waals surface area contributed by atoms with Crippen molar-refractivity contribution >= 4 is 11.9 Å². The molecule has 0 aromatic rings. The van der Waals surface area contributed by atoms with Crippen LogP contribution < -0.4 is 5.32 Å². The average molecular weight is 271 g/mol. The number of hydrogen-bond donors (Lipinski definition) is 1. The molecule has 0 radical (unpaired) electrons. The highest BCUT2D eigenvalue weighted by atomic mass is 16.6. The van der Waals surface area contributed by atoms with Crippen LogP contribution in [-0.4, -0.2) is 61.8 Å². The molecule has 1 amide bonds. The highest BCUT2D eigenvalue weighted by molar-refractivity contribution is 5.88. The van der Waals surface area contributed by atoms with Gasteiger partial charge in [0.15, 0.2) is 0 Å². The molecule has 0 spiro atoms. The van der Waals surface area contributed by atoms with Gasteiger partial charge >= 0.3 is 6.09 Å². The van der Waals surface area contributed by atoms with Crippen molar-refractivity contribution in [2.75, 3.05) is 33.4 Å². The van der Waals surface area contributed by atoms with Crippen molar-refractivity contribution in [3.8, 4) is 0 Å². The van der Waals surface area contributed by atoms with Crippen LogP contribution in [0.15, 0.2) is 4.99 Å². The van der Waals surface area contributed by atoms with E-state index in [1.54, 1.807) is 12.0 Å². The Morgan fingerprint density at radius 1 is 1.53 bits per heavy atom. The van der Waals surface area contributed by atoms with Gasteiger partial charge in [-0.25, -0.2) is 4.79 Å². The number of nitrogens with one attached hydrogen (secondary N) is 1. The molecule has 110 valence electrons. The molecule has 1 rings (SSSR count). The number of hydrogen-bond acceptors (Lipinski definition) is 5. The first kappa shape index (κ1) is 15.8. The molecule has 1 N–H and O–H groups in total. The highest BCUT2D eigenvalue weighted by Crippen LogP contribution is 2.11. The van der Waals surface area contributed by atoms with Gasteiger partial charge in [0, 0.05) is 19.7 Å². The molecule has 1 heterocycles. The van der Waals surface area contributed by atoms with Gasteiger partial charge < -0.3 is 14.8 Å². The lowest BCUT2D eigenvalue weighted by Gasteiger charge is -2.30. The van der Waals surface area contributed by atoms with E-state index in [0.717, 1.165) is 5.84 Å². The van der Waals surface area contributed by atoms with Crippen molar-refractivity contribution in [1.82, 2.24) is 10.2 Å². The number of carbonyl (C=O) groups is 1. The minimum Gasteiger partial charge on any atom is -0.444 e. The third-order valence-corrected chi connectivity index (χ3v) is 2.49. The molecule has 0 bridgehead atoms. The minimum atomic E-state index is -0.470. The summed E-state index contributed by atoms with van der Waals surface area (Å²) in [6.07, 6.45) is -0.291. The Balaban J connectivity index is 2.49. The summed E-state index contributed by atoms with van der Waals surface area (Å²) >= 11 is 0. The predicted octanol–water partition coefficient (Wildman–Crippen LogP) is 1.26. The first-order chi connectivity index (χ1) is 8.81. The van der Waals surface area contributed by atoms with Crippen molar-refractivity contribution in [3.63, 3.8) is 0 Å². The lowest BCUT2D eigenvalue weighted by molar-refractivity contribution is 0.0276. The van der Waals surface area contributed by atoms with Crippen molar-refractivity contribution in [3.05, 3.63) is 0 Å². The topological polar surface area (TPSA) is 63.2 Å². The quantitative estimate of drug-likeness (QED) is 0.839. The van der Waals surface area contributed by atoms with Gasteiger partial charge in [-0.3, -0.25) is 9.89 Å². The van der Waals surface area contributed by atoms with Gasteiger partial charge in [0.2, 0.25) is 0 Å². The fourth-order valence-corrected chi connectivity index (χ4v) is 1.77. The van der Waals surface area contributed by atoms with Crippen molar-refractivity contribution in [2.45, 2.75) is 39.3 Å². The Morgan fingerprint density at radius 2 is 2.21 bits per heavy atom. The Kier molecular flexibility index (Phi) is 5.60. The predicted molar refractivity (Wildman–Crippen MR) is 74.6 cm³/mol. The summed E-state index contributed by atoms with van der Waals surface area (Å²) in [5.41, 5.74) is -0.470. The second kappa shape index (κ2) is 6.75. The van der Waals surface area contributed by atoms with Gasteiger partial charge in [-0.05, 0) is 27.7 Å². The molecule has 0 saturated carbocycles. The second-order valence-corrected chi connectivity index (χ2v) is 5.73. The summed E-state index contributed by atoms with van der Waals surface area (Å²) in [4.78, 5) is 18.0. The molecule has 0 saturated heterocycles. The Bertz CT molecular complexity index is 337. The summed E-state index contributed by atoms with van der Waals surface area (Å²) in [5, 5.41) is 3.24. The van der Waals surface area contributed by atoms with E-state index in [0.29, 0.717) is 26.2 Å². The fraction of sp³-hybridized carbons (Fsp3) is 0.846. The first-order valence-corrected chi connectivity index (χ1v) is 6.58. The van der Waals surface area contributed by atoms with Gasteiger partial charge in [-0.15, -0.1) is 0 Å². The van der Waals surface area contributed by atoms with E-state index in [4.69, 9.17) is 9.47 Å². The average Bonchev–Trinajstić information content (AvgIpc) is 2.27. The van der Waals surface area contributed by atoms with Gasteiger partial charge in [-0.2, -0.15) is 0 Å². The molecule has 0 aliphatic carbocycles. The Morgan fingerprint density at radius 3 is 2.79 bits per heavy atom. The third-order valence-electron chi connectivity index (χ3n) is 2.49. The molecule has 0 aromatic carbocycles. The van der Waals surface area contributed by atoms with Crippen molar-refractivity contribution in [1.29, 1.82) is 0 Å². The number of methoxy groups -OCH3 is 1. The van der Waals surface area contributed by atoms with Crippen LogP contribution >= 0.6 is 0 Å². The maximum atomic E-state index is 12.0. The fourth-order valence-electron chi connectivity index (χ4n) is 1.77. The standard InChI is InChI=1S/C13H25N3O3/c1-10(9-18-5)15-11-8-16(7-6-14-11)12(17)19-13(2,3)4/h10H,6-9H2,1-5H3,(H,14,15). The van der Waals surface area contributed by atoms with Crippen LogP contribution in [0.25, 0.3) is 0 Å². The molecular formula is C13H25N3O3. The summed E-state index contributed by atoms with van der Waals surface area (Å²) in [6.45, 7) is 9.86. The van der Waals surface area contributed by atoms with Crippen LogP contribution in [0.5, 0.6) is 0 Å². The second-order valence-electron chi connectivity index (χ2n) is 5.73. The maximum Gasteiger partial charge on any atom is 0.410 e. The van der Waals surface area contributed by atoms with Crippen LogP contribution in [0.2, 0.25) is 0 Å². The number of amidine groups is 1. The van der Waals surface area contributed by atoms with Gasteiger partial charge in [0.25, 0.3) is 0 Å². The monoisotopic (exact) mass is 271 g/mol. The van der Waals surface area contributed by atoms with Crippen LogP contribution in [0, 0.1) is 0 Å². The van der Waals surface area contributed by atoms with Crippen LogP contribution in [0.1, 0.15) is 27.7 Å². The molecule has 1 aliphatic heterocycles. The maximum absolute atomic E-state index is 12.0. The molecule has 19 heavy (non-hydrogen) atoms. The van der Waals surface area contributed by atoms with Gasteiger partial charge in [0.05, 0.1) is 19.7 Å². The molecule has 6 heteroatoms. The Hall–Kier alpha value is -1.30. The normalized spacial score (nSPS) is 17.7. The number of aliphatic imine (C=N–C) groups is 1. The smallest absolute Gasteiger partial charge is 0.410 e. The van der Waals surface area contributed by atoms with E-state index in [9.17, 15) is 4.79 Å². The van der Waals surface area contributed by atoms with Crippen molar-refractivity contribution < 1.29 is 14.3 Å². The Labute approximate surface area is 115 Å². The van der Waals surface area contributed by atoms with E-state index < -0.39 is 5.60 Å². The van der Waals surface area contributed by atoms with E-state index in [1.807, 2.05) is 27.7 Å². The highest BCUT2D eigenvalue weighted by Gasteiger charge is 2.25. The largest absolute Gasteiger partial charge is 0.444 e. The van der Waals surface area contributed by atoms with Crippen molar-refractivity contribution in [2.24, 2.45) is 4.99 Å². The summed E-state index contributed by atoms with van der Waals surface area (Å²) in [7, 11) is 1.66. The van der Waals surface area contributed by atoms with E-state index in [2.05, 4.69) is 10.3 Å². The number of nitrogens with zero attached hydrogens (tertiary/aromatic N) is 2. The van der Waals surface area contributed by atoms with Gasteiger partial charge in [-0.1, -0.05) is 0 Å². The summed E-state index contributed by atoms with van der Waals surface area (Å²) in [5.74, 6) is 0.807. The first-order valence-electron chi connectivity index (χ1n) is 6.58. The minimum absolute atomic E-state index is 0.169. The van der Waals surface area contributed by atoms with Crippen LogP contribution in [0.4, 0.5) is 4.79 Å². The lowest BCUT2D eigenvalue weighted by atomic mass is 10.2. The summed E-state index contributed by atoms with van der Waals surface area (Å²) < 4.78 is 10.4.